The summed E-state index contributed by atoms with van der Waals surface area (Å²) in [5.41, 5.74) is 7.34. The van der Waals surface area contributed by atoms with Crippen LogP contribution in [0.1, 0.15) is 73.8 Å². The molecule has 7 rings (SSSR count). The molecule has 3 nitrogen and oxygen atoms in total. The molecule has 2 heterocycles. The van der Waals surface area contributed by atoms with E-state index < -0.39 is 0 Å². The van der Waals surface area contributed by atoms with Gasteiger partial charge in [0.15, 0.2) is 0 Å². The van der Waals surface area contributed by atoms with Crippen molar-refractivity contribution in [2.24, 2.45) is 17.8 Å². The maximum Gasteiger partial charge on any atom is 0.133 e. The van der Waals surface area contributed by atoms with Crippen LogP contribution < -0.4 is 5.32 Å². The molecular weight excluding hydrogens is 342 g/mol. The minimum Gasteiger partial charge on any atom is -0.370 e. The smallest absolute Gasteiger partial charge is 0.133 e. The average molecular weight is 376 g/mol. The van der Waals surface area contributed by atoms with Gasteiger partial charge in [-0.1, -0.05) is 6.07 Å². The molecule has 3 heteroatoms. The van der Waals surface area contributed by atoms with Crippen molar-refractivity contribution in [2.75, 3.05) is 11.9 Å². The van der Waals surface area contributed by atoms with E-state index in [1.54, 1.807) is 5.56 Å². The predicted octanol–water partition coefficient (Wildman–Crippen LogP) is 5.71. The van der Waals surface area contributed by atoms with Crippen LogP contribution in [0, 0.1) is 31.6 Å². The van der Waals surface area contributed by atoms with Gasteiger partial charge in [0.1, 0.15) is 5.82 Å². The largest absolute Gasteiger partial charge is 0.370 e. The summed E-state index contributed by atoms with van der Waals surface area (Å²) < 4.78 is 2.26. The molecule has 28 heavy (non-hydrogen) atoms. The van der Waals surface area contributed by atoms with E-state index in [-0.39, 0.29) is 0 Å². The number of fused-ring (bicyclic) bond motifs is 1. The van der Waals surface area contributed by atoms with E-state index in [1.165, 1.54) is 86.1 Å². The molecule has 5 aliphatic rings. The molecule has 2 aromatic rings. The Balaban J connectivity index is 1.51. The van der Waals surface area contributed by atoms with Gasteiger partial charge in [-0.15, -0.1) is 0 Å². The Bertz CT molecular complexity index is 887. The number of nitrogens with zero attached hydrogens (tertiary/aromatic N) is 2. The molecule has 1 N–H and O–H groups in total. The Hall–Kier alpha value is -1.77. The van der Waals surface area contributed by atoms with Crippen LogP contribution >= 0.6 is 0 Å². The second-order valence-corrected chi connectivity index (χ2v) is 10.4. The second kappa shape index (κ2) is 6.11. The van der Waals surface area contributed by atoms with Crippen LogP contribution in [0.4, 0.5) is 5.82 Å². The highest BCUT2D eigenvalue weighted by Gasteiger charge is 2.53. The third-order valence-corrected chi connectivity index (χ3v) is 8.41. The van der Waals surface area contributed by atoms with Gasteiger partial charge in [-0.3, -0.25) is 0 Å². The first-order valence-corrected chi connectivity index (χ1v) is 11.6. The van der Waals surface area contributed by atoms with Crippen molar-refractivity contribution in [2.45, 2.75) is 77.0 Å². The van der Waals surface area contributed by atoms with Crippen LogP contribution in [0.3, 0.4) is 0 Å². The zero-order valence-electron chi connectivity index (χ0n) is 17.4. The summed E-state index contributed by atoms with van der Waals surface area (Å²) in [6, 6.07) is 6.82. The van der Waals surface area contributed by atoms with Crippen molar-refractivity contribution in [3.63, 3.8) is 0 Å². The number of benzene rings is 1. The lowest BCUT2D eigenvalue weighted by molar-refractivity contribution is -0.00773. The summed E-state index contributed by atoms with van der Waals surface area (Å²) in [6.07, 6.45) is 12.4. The number of aryl methyl sites for hydroxylation is 2. The predicted molar refractivity (Wildman–Crippen MR) is 114 cm³/mol. The first-order valence-electron chi connectivity index (χ1n) is 11.6. The standard InChI is InChI=1S/C25H33N3/c1-16-6-7-21(9-17(16)2)28-24-22(5-3-4-8-26-24)23(27-28)25-13-18-10-19(14-25)12-20(11-18)15-25/h6-7,9,18-20,26H,3-5,8,10-15H2,1-2H3. The van der Waals surface area contributed by atoms with Crippen LogP contribution in [0.25, 0.3) is 5.69 Å². The van der Waals surface area contributed by atoms with E-state index in [9.17, 15) is 0 Å². The van der Waals surface area contributed by atoms with Gasteiger partial charge in [0, 0.05) is 17.5 Å². The number of hydrogen-bond acceptors (Lipinski definition) is 2. The van der Waals surface area contributed by atoms with Gasteiger partial charge >= 0.3 is 0 Å². The van der Waals surface area contributed by atoms with Gasteiger partial charge in [0.05, 0.1) is 11.4 Å². The van der Waals surface area contributed by atoms with Crippen molar-refractivity contribution < 1.29 is 0 Å². The molecular formula is C25H33N3. The highest BCUT2D eigenvalue weighted by Crippen LogP contribution is 2.61. The maximum atomic E-state index is 5.42. The molecule has 4 saturated carbocycles. The van der Waals surface area contributed by atoms with Gasteiger partial charge in [-0.05, 0) is 113 Å². The number of anilines is 1. The lowest BCUT2D eigenvalue weighted by Crippen LogP contribution is -2.49. The van der Waals surface area contributed by atoms with Crippen molar-refractivity contribution in [3.05, 3.63) is 40.6 Å². The zero-order valence-corrected chi connectivity index (χ0v) is 17.4. The van der Waals surface area contributed by atoms with Crippen LogP contribution in [0.5, 0.6) is 0 Å². The van der Waals surface area contributed by atoms with Gasteiger partial charge in [0.25, 0.3) is 0 Å². The second-order valence-electron chi connectivity index (χ2n) is 10.4. The van der Waals surface area contributed by atoms with Crippen molar-refractivity contribution >= 4 is 5.82 Å². The third-order valence-electron chi connectivity index (χ3n) is 8.41. The Morgan fingerprint density at radius 2 is 1.68 bits per heavy atom. The van der Waals surface area contributed by atoms with Crippen LogP contribution in [0.2, 0.25) is 0 Å². The summed E-state index contributed by atoms with van der Waals surface area (Å²) >= 11 is 0. The molecule has 0 radical (unpaired) electrons. The van der Waals surface area contributed by atoms with E-state index in [1.807, 2.05) is 0 Å². The molecule has 148 valence electrons. The normalized spacial score (nSPS) is 33.4. The fourth-order valence-electron chi connectivity index (χ4n) is 7.37. The topological polar surface area (TPSA) is 29.9 Å². The number of nitrogens with one attached hydrogen (secondary N) is 1. The molecule has 4 fully saturated rings. The number of rotatable bonds is 2. The molecule has 1 aromatic heterocycles. The SMILES string of the molecule is Cc1ccc(-n2nc(C34CC5CC(CC(C5)C3)C4)c3c2NCCCC3)cc1C. The summed E-state index contributed by atoms with van der Waals surface area (Å²) in [7, 11) is 0. The molecule has 4 bridgehead atoms. The highest BCUT2D eigenvalue weighted by atomic mass is 15.3. The molecule has 0 amide bonds. The van der Waals surface area contributed by atoms with E-state index in [0.29, 0.717) is 5.41 Å². The highest BCUT2D eigenvalue weighted by molar-refractivity contribution is 5.57. The Kier molecular flexibility index (Phi) is 3.74. The first-order chi connectivity index (χ1) is 13.6. The van der Waals surface area contributed by atoms with Gasteiger partial charge in [-0.25, -0.2) is 4.68 Å². The molecule has 0 unspecified atom stereocenters. The zero-order chi connectivity index (χ0) is 18.9. The van der Waals surface area contributed by atoms with Crippen molar-refractivity contribution in [3.8, 4) is 5.69 Å². The lowest BCUT2D eigenvalue weighted by atomic mass is 9.48. The molecule has 0 atom stereocenters. The molecule has 0 saturated heterocycles. The molecule has 0 spiro atoms. The lowest BCUT2D eigenvalue weighted by Gasteiger charge is -2.56. The van der Waals surface area contributed by atoms with E-state index in [2.05, 4.69) is 42.0 Å². The van der Waals surface area contributed by atoms with Crippen LogP contribution in [-0.2, 0) is 11.8 Å². The monoisotopic (exact) mass is 375 g/mol. The van der Waals surface area contributed by atoms with Crippen molar-refractivity contribution in [1.82, 2.24) is 9.78 Å². The minimum atomic E-state index is 0.371. The Labute approximate surface area is 168 Å². The molecule has 1 aliphatic heterocycles. The maximum absolute atomic E-state index is 5.42. The van der Waals surface area contributed by atoms with E-state index in [4.69, 9.17) is 5.10 Å². The van der Waals surface area contributed by atoms with Crippen molar-refractivity contribution in [1.29, 1.82) is 0 Å². The Morgan fingerprint density at radius 3 is 2.36 bits per heavy atom. The fourth-order valence-corrected chi connectivity index (χ4v) is 7.37. The van der Waals surface area contributed by atoms with Gasteiger partial charge < -0.3 is 5.32 Å². The quantitative estimate of drug-likeness (QED) is 0.729. The van der Waals surface area contributed by atoms with Crippen LogP contribution in [-0.4, -0.2) is 16.3 Å². The summed E-state index contributed by atoms with van der Waals surface area (Å²) in [5, 5.41) is 9.20. The van der Waals surface area contributed by atoms with Gasteiger partial charge in [-0.2, -0.15) is 5.10 Å². The summed E-state index contributed by atoms with van der Waals surface area (Å²) in [5.74, 6) is 4.19. The average Bonchev–Trinajstić information content (AvgIpc) is 2.86. The minimum absolute atomic E-state index is 0.371. The van der Waals surface area contributed by atoms with E-state index in [0.717, 1.165) is 24.3 Å². The summed E-state index contributed by atoms with van der Waals surface area (Å²) in [6.45, 7) is 5.49. The van der Waals surface area contributed by atoms with Crippen LogP contribution in [0.15, 0.2) is 18.2 Å². The molecule has 4 aliphatic carbocycles. The summed E-state index contributed by atoms with van der Waals surface area (Å²) in [4.78, 5) is 0. The Morgan fingerprint density at radius 1 is 0.964 bits per heavy atom. The first kappa shape index (κ1) is 17.1. The number of hydrogen-bond donors (Lipinski definition) is 1. The molecule has 1 aromatic carbocycles. The third kappa shape index (κ3) is 2.51. The van der Waals surface area contributed by atoms with Gasteiger partial charge in [0.2, 0.25) is 0 Å². The number of aromatic nitrogens is 2. The van der Waals surface area contributed by atoms with E-state index >= 15 is 0 Å². The fraction of sp³-hybridized carbons (Fsp3) is 0.640.